The lowest BCUT2D eigenvalue weighted by molar-refractivity contribution is -0.122. The van der Waals surface area contributed by atoms with Gasteiger partial charge in [0.25, 0.3) is 0 Å². The van der Waals surface area contributed by atoms with Crippen LogP contribution in [-0.4, -0.2) is 43.9 Å². The minimum absolute atomic E-state index is 0.0590. The number of rotatable bonds is 9. The normalized spacial score (nSPS) is 14.7. The molecule has 0 rings (SSSR count). The van der Waals surface area contributed by atoms with Crippen LogP contribution in [0.15, 0.2) is 0 Å². The third-order valence-corrected chi connectivity index (χ3v) is 2.51. The molecule has 0 aromatic carbocycles. The molecule has 0 saturated heterocycles. The van der Waals surface area contributed by atoms with Crippen molar-refractivity contribution in [1.82, 2.24) is 5.32 Å². The Hall–Kier alpha value is -0.650. The largest absolute Gasteiger partial charge is 0.389 e. The van der Waals surface area contributed by atoms with Crippen LogP contribution < -0.4 is 11.1 Å². The number of aliphatic hydroxyl groups excluding tert-OH is 1. The van der Waals surface area contributed by atoms with Crippen molar-refractivity contribution in [3.63, 3.8) is 0 Å². The Morgan fingerprint density at radius 1 is 1.47 bits per heavy atom. The van der Waals surface area contributed by atoms with Crippen LogP contribution >= 0.6 is 0 Å². The van der Waals surface area contributed by atoms with Gasteiger partial charge in [-0.25, -0.2) is 0 Å². The molecule has 0 spiro atoms. The number of amides is 1. The predicted octanol–water partition coefficient (Wildman–Crippen LogP) is 0.121. The van der Waals surface area contributed by atoms with Crippen LogP contribution in [-0.2, 0) is 9.53 Å². The maximum absolute atomic E-state index is 11.6. The standard InChI is InChI=1S/C12H26N2O3/c1-9(2)4-10(6-13)5-12(16)14-7-11(15)8-17-3/h9-11,15H,4-8,13H2,1-3H3,(H,14,16). The molecule has 0 radical (unpaired) electrons. The molecule has 0 aromatic heterocycles. The number of nitrogens with two attached hydrogens (primary N) is 1. The quantitative estimate of drug-likeness (QED) is 0.539. The first-order chi connectivity index (χ1) is 7.99. The van der Waals surface area contributed by atoms with E-state index < -0.39 is 6.10 Å². The van der Waals surface area contributed by atoms with Gasteiger partial charge in [0.1, 0.15) is 0 Å². The third-order valence-electron chi connectivity index (χ3n) is 2.51. The second-order valence-corrected chi connectivity index (χ2v) is 4.85. The Kier molecular flexibility index (Phi) is 9.03. The van der Waals surface area contributed by atoms with Crippen LogP contribution in [0.3, 0.4) is 0 Å². The Morgan fingerprint density at radius 3 is 2.59 bits per heavy atom. The highest BCUT2D eigenvalue weighted by Gasteiger charge is 2.14. The Morgan fingerprint density at radius 2 is 2.12 bits per heavy atom. The molecule has 0 heterocycles. The molecule has 17 heavy (non-hydrogen) atoms. The monoisotopic (exact) mass is 246 g/mol. The Labute approximate surface area is 104 Å². The van der Waals surface area contributed by atoms with E-state index in [2.05, 4.69) is 19.2 Å². The van der Waals surface area contributed by atoms with Gasteiger partial charge in [0, 0.05) is 20.1 Å². The highest BCUT2D eigenvalue weighted by molar-refractivity contribution is 5.76. The molecule has 0 aliphatic rings. The lowest BCUT2D eigenvalue weighted by Gasteiger charge is -2.17. The van der Waals surface area contributed by atoms with Crippen LogP contribution in [0, 0.1) is 11.8 Å². The summed E-state index contributed by atoms with van der Waals surface area (Å²) in [7, 11) is 1.51. The van der Waals surface area contributed by atoms with E-state index in [1.54, 1.807) is 0 Å². The fraction of sp³-hybridized carbons (Fsp3) is 0.917. The van der Waals surface area contributed by atoms with Gasteiger partial charge in [0.15, 0.2) is 0 Å². The van der Waals surface area contributed by atoms with Gasteiger partial charge in [-0.1, -0.05) is 13.8 Å². The maximum atomic E-state index is 11.6. The number of hydrogen-bond acceptors (Lipinski definition) is 4. The lowest BCUT2D eigenvalue weighted by Crippen LogP contribution is -2.36. The van der Waals surface area contributed by atoms with E-state index in [-0.39, 0.29) is 25.0 Å². The minimum atomic E-state index is -0.648. The molecule has 2 atom stereocenters. The fourth-order valence-corrected chi connectivity index (χ4v) is 1.75. The molecule has 0 aromatic rings. The molecular weight excluding hydrogens is 220 g/mol. The zero-order chi connectivity index (χ0) is 13.3. The molecular formula is C12H26N2O3. The first-order valence-corrected chi connectivity index (χ1v) is 6.13. The van der Waals surface area contributed by atoms with E-state index in [1.165, 1.54) is 7.11 Å². The number of ether oxygens (including phenoxy) is 1. The van der Waals surface area contributed by atoms with Gasteiger partial charge < -0.3 is 20.9 Å². The SMILES string of the molecule is COCC(O)CNC(=O)CC(CN)CC(C)C. The van der Waals surface area contributed by atoms with Crippen LogP contribution in [0.25, 0.3) is 0 Å². The number of aliphatic hydroxyl groups is 1. The zero-order valence-electron chi connectivity index (χ0n) is 11.1. The number of carbonyl (C=O) groups is 1. The van der Waals surface area contributed by atoms with Crippen LogP contribution in [0.4, 0.5) is 0 Å². The summed E-state index contributed by atoms with van der Waals surface area (Å²) < 4.78 is 4.77. The van der Waals surface area contributed by atoms with Crippen LogP contribution in [0.2, 0.25) is 0 Å². The molecule has 0 fully saturated rings. The predicted molar refractivity (Wildman–Crippen MR) is 67.5 cm³/mol. The summed E-state index contributed by atoms with van der Waals surface area (Å²) in [6, 6.07) is 0. The first kappa shape index (κ1) is 16.4. The molecule has 5 nitrogen and oxygen atoms in total. The molecule has 4 N–H and O–H groups in total. The van der Waals surface area contributed by atoms with Crippen molar-refractivity contribution in [2.45, 2.75) is 32.8 Å². The van der Waals surface area contributed by atoms with E-state index in [1.807, 2.05) is 0 Å². The van der Waals surface area contributed by atoms with Gasteiger partial charge in [0.05, 0.1) is 12.7 Å². The summed E-state index contributed by atoms with van der Waals surface area (Å²) >= 11 is 0. The van der Waals surface area contributed by atoms with E-state index in [0.717, 1.165) is 6.42 Å². The van der Waals surface area contributed by atoms with Crippen molar-refractivity contribution in [2.75, 3.05) is 26.8 Å². The van der Waals surface area contributed by atoms with Crippen LogP contribution in [0.1, 0.15) is 26.7 Å². The van der Waals surface area contributed by atoms with Crippen molar-refractivity contribution < 1.29 is 14.6 Å². The van der Waals surface area contributed by atoms with E-state index in [4.69, 9.17) is 10.5 Å². The van der Waals surface area contributed by atoms with Crippen LogP contribution in [0.5, 0.6) is 0 Å². The highest BCUT2D eigenvalue weighted by atomic mass is 16.5. The zero-order valence-corrected chi connectivity index (χ0v) is 11.1. The summed E-state index contributed by atoms with van der Waals surface area (Å²) in [6.45, 7) is 5.20. The highest BCUT2D eigenvalue weighted by Crippen LogP contribution is 2.13. The number of nitrogens with one attached hydrogen (secondary N) is 1. The summed E-state index contributed by atoms with van der Waals surface area (Å²) in [6.07, 6.45) is 0.726. The molecule has 0 bridgehead atoms. The molecule has 0 aliphatic carbocycles. The smallest absolute Gasteiger partial charge is 0.220 e. The molecule has 5 heteroatoms. The average molecular weight is 246 g/mol. The number of methoxy groups -OCH3 is 1. The summed E-state index contributed by atoms with van der Waals surface area (Å²) in [5.41, 5.74) is 5.62. The molecule has 1 amide bonds. The van der Waals surface area contributed by atoms with Crippen molar-refractivity contribution in [3.05, 3.63) is 0 Å². The van der Waals surface area contributed by atoms with Crippen molar-refractivity contribution in [1.29, 1.82) is 0 Å². The van der Waals surface area contributed by atoms with Gasteiger partial charge in [0.2, 0.25) is 5.91 Å². The van der Waals surface area contributed by atoms with Crippen molar-refractivity contribution in [2.24, 2.45) is 17.6 Å². The van der Waals surface area contributed by atoms with Gasteiger partial charge in [-0.3, -0.25) is 4.79 Å². The van der Waals surface area contributed by atoms with E-state index >= 15 is 0 Å². The lowest BCUT2D eigenvalue weighted by atomic mass is 9.94. The van der Waals surface area contributed by atoms with E-state index in [9.17, 15) is 9.90 Å². The first-order valence-electron chi connectivity index (χ1n) is 6.13. The molecule has 102 valence electrons. The van der Waals surface area contributed by atoms with Crippen molar-refractivity contribution >= 4 is 5.91 Å². The number of carbonyl (C=O) groups excluding carboxylic acids is 1. The molecule has 0 saturated carbocycles. The Balaban J connectivity index is 3.82. The second-order valence-electron chi connectivity index (χ2n) is 4.85. The van der Waals surface area contributed by atoms with Gasteiger partial charge in [-0.15, -0.1) is 0 Å². The summed E-state index contributed by atoms with van der Waals surface area (Å²) in [4.78, 5) is 11.6. The van der Waals surface area contributed by atoms with Gasteiger partial charge >= 0.3 is 0 Å². The average Bonchev–Trinajstić information content (AvgIpc) is 2.25. The Bertz CT molecular complexity index is 210. The van der Waals surface area contributed by atoms with E-state index in [0.29, 0.717) is 18.9 Å². The summed E-state index contributed by atoms with van der Waals surface area (Å²) in [5, 5.41) is 12.1. The summed E-state index contributed by atoms with van der Waals surface area (Å²) in [5.74, 6) is 0.696. The van der Waals surface area contributed by atoms with Gasteiger partial charge in [-0.05, 0) is 24.8 Å². The second kappa shape index (κ2) is 9.39. The van der Waals surface area contributed by atoms with Gasteiger partial charge in [-0.2, -0.15) is 0 Å². The minimum Gasteiger partial charge on any atom is -0.389 e. The molecule has 0 aliphatic heterocycles. The third kappa shape index (κ3) is 9.09. The number of hydrogen-bond donors (Lipinski definition) is 3. The van der Waals surface area contributed by atoms with Crippen molar-refractivity contribution in [3.8, 4) is 0 Å². The topological polar surface area (TPSA) is 84.6 Å². The molecule has 2 unspecified atom stereocenters. The fourth-order valence-electron chi connectivity index (χ4n) is 1.75. The maximum Gasteiger partial charge on any atom is 0.220 e.